The fourth-order valence-corrected chi connectivity index (χ4v) is 8.46. The Hall–Kier alpha value is -6.33. The van der Waals surface area contributed by atoms with Crippen LogP contribution in [0.25, 0.3) is 22.9 Å². The third-order valence-electron chi connectivity index (χ3n) is 8.12. The first-order valence-corrected chi connectivity index (χ1v) is 18.6. The maximum atomic E-state index is 14.5. The average molecular weight is 759 g/mol. The summed E-state index contributed by atoms with van der Waals surface area (Å²) in [5.74, 6) is -1.10. The van der Waals surface area contributed by atoms with Gasteiger partial charge in [0.1, 0.15) is 23.9 Å². The molecule has 0 radical (unpaired) electrons. The summed E-state index contributed by atoms with van der Waals surface area (Å²) in [6.07, 6.45) is 3.07. The normalized spacial score (nSPS) is 11.8. The molecular weight excluding hydrogens is 728 g/mol. The van der Waals surface area contributed by atoms with Crippen LogP contribution in [0.15, 0.2) is 113 Å². The van der Waals surface area contributed by atoms with Gasteiger partial charge in [-0.1, -0.05) is 53.8 Å². The van der Waals surface area contributed by atoms with Gasteiger partial charge in [0.15, 0.2) is 5.82 Å². The van der Waals surface area contributed by atoms with Crippen molar-refractivity contribution in [1.82, 2.24) is 20.6 Å². The first kappa shape index (κ1) is 36.5. The zero-order chi connectivity index (χ0) is 37.8. The summed E-state index contributed by atoms with van der Waals surface area (Å²) in [7, 11) is -6.14. The second-order valence-corrected chi connectivity index (χ2v) is 15.1. The van der Waals surface area contributed by atoms with Gasteiger partial charge in [-0.05, 0) is 72.3 Å². The van der Waals surface area contributed by atoms with Crippen molar-refractivity contribution in [3.63, 3.8) is 0 Å². The van der Waals surface area contributed by atoms with Crippen molar-refractivity contribution in [3.8, 4) is 11.5 Å². The first-order chi connectivity index (χ1) is 25.4. The van der Waals surface area contributed by atoms with Crippen LogP contribution in [0.1, 0.15) is 17.0 Å². The molecule has 0 fully saturated rings. The number of sulfonamides is 2. The number of nitrogens with zero attached hydrogens (tertiary/aromatic N) is 5. The fraction of sp³-hybridized carbons (Fsp3) is 0.111. The van der Waals surface area contributed by atoms with Crippen LogP contribution in [-0.4, -0.2) is 69.3 Å². The molecule has 5 aromatic carbocycles. The van der Waals surface area contributed by atoms with Crippen LogP contribution in [0.2, 0.25) is 0 Å². The Kier molecular flexibility index (Phi) is 10.4. The standard InChI is InChI=1S/C36H31FN6O8S2/c1-50-27-13-17-29(18-14-27)52(46,47)42(22-34-38-40-41-39-34)33-21-25(10-7-24-8-11-26(37)12-9-24)36(32-6-4-3-5-31(32)33)43(23-35(44)45)53(48,49)30-19-15-28(51-2)16-20-30/h3-21H,22-23H2,1-2H3,(H,44,45)(H,38,39,40,41)/b10-7-. The van der Waals surface area contributed by atoms with Crippen LogP contribution in [0.4, 0.5) is 15.8 Å². The minimum absolute atomic E-state index is 0.0215. The maximum absolute atomic E-state index is 14.5. The molecule has 14 nitrogen and oxygen atoms in total. The number of aliphatic carboxylic acids is 1. The Morgan fingerprint density at radius 1 is 0.792 bits per heavy atom. The zero-order valence-electron chi connectivity index (χ0n) is 28.1. The lowest BCUT2D eigenvalue weighted by Crippen LogP contribution is -2.36. The molecule has 1 aromatic heterocycles. The van der Waals surface area contributed by atoms with Gasteiger partial charge in [0, 0.05) is 16.3 Å². The summed E-state index contributed by atoms with van der Waals surface area (Å²) in [5, 5.41) is 24.4. The number of hydrogen-bond donors (Lipinski definition) is 2. The number of H-pyrrole nitrogens is 1. The number of halogens is 1. The van der Waals surface area contributed by atoms with Crippen molar-refractivity contribution in [2.75, 3.05) is 29.4 Å². The molecule has 0 spiro atoms. The monoisotopic (exact) mass is 758 g/mol. The van der Waals surface area contributed by atoms with Crippen molar-refractivity contribution in [3.05, 3.63) is 126 Å². The second-order valence-electron chi connectivity index (χ2n) is 11.4. The minimum atomic E-state index is -4.59. The molecule has 272 valence electrons. The van der Waals surface area contributed by atoms with Gasteiger partial charge in [0.25, 0.3) is 20.0 Å². The number of nitrogens with one attached hydrogen (secondary N) is 1. The fourth-order valence-electron chi connectivity index (χ4n) is 5.57. The Labute approximate surface area is 303 Å². The summed E-state index contributed by atoms with van der Waals surface area (Å²) in [6.45, 7) is -1.40. The Morgan fingerprint density at radius 3 is 1.89 bits per heavy atom. The van der Waals surface area contributed by atoms with E-state index in [0.29, 0.717) is 17.1 Å². The number of aromatic nitrogens is 4. The maximum Gasteiger partial charge on any atom is 0.324 e. The van der Waals surface area contributed by atoms with Gasteiger partial charge in [-0.15, -0.1) is 10.2 Å². The second kappa shape index (κ2) is 15.1. The van der Waals surface area contributed by atoms with E-state index in [2.05, 4.69) is 20.6 Å². The highest BCUT2D eigenvalue weighted by atomic mass is 32.2. The largest absolute Gasteiger partial charge is 0.497 e. The van der Waals surface area contributed by atoms with E-state index in [4.69, 9.17) is 9.47 Å². The van der Waals surface area contributed by atoms with Gasteiger partial charge in [0.05, 0.1) is 41.9 Å². The number of rotatable bonds is 14. The predicted molar refractivity (Wildman–Crippen MR) is 195 cm³/mol. The average Bonchev–Trinajstić information content (AvgIpc) is 3.69. The number of hydrogen-bond acceptors (Lipinski definition) is 10. The molecule has 0 saturated heterocycles. The van der Waals surface area contributed by atoms with E-state index >= 15 is 0 Å². The van der Waals surface area contributed by atoms with E-state index in [9.17, 15) is 31.1 Å². The third-order valence-corrected chi connectivity index (χ3v) is 11.6. The number of benzene rings is 5. The topological polar surface area (TPSA) is 185 Å². The lowest BCUT2D eigenvalue weighted by molar-refractivity contribution is -0.135. The number of anilines is 2. The highest BCUT2D eigenvalue weighted by Gasteiger charge is 2.34. The Morgan fingerprint density at radius 2 is 1.36 bits per heavy atom. The van der Waals surface area contributed by atoms with Gasteiger partial charge in [-0.2, -0.15) is 5.21 Å². The van der Waals surface area contributed by atoms with E-state index < -0.39 is 44.9 Å². The summed E-state index contributed by atoms with van der Waals surface area (Å²) in [4.78, 5) is 12.1. The number of tetrazole rings is 1. The first-order valence-electron chi connectivity index (χ1n) is 15.7. The van der Waals surface area contributed by atoms with Gasteiger partial charge < -0.3 is 14.6 Å². The number of fused-ring (bicyclic) bond motifs is 1. The van der Waals surface area contributed by atoms with Crippen LogP contribution in [0, 0.1) is 5.82 Å². The smallest absolute Gasteiger partial charge is 0.324 e. The summed E-state index contributed by atoms with van der Waals surface area (Å²) in [5.41, 5.74) is 0.664. The van der Waals surface area contributed by atoms with Crippen molar-refractivity contribution < 1.29 is 40.6 Å². The van der Waals surface area contributed by atoms with Gasteiger partial charge in [-0.25, -0.2) is 21.2 Å². The number of methoxy groups -OCH3 is 2. The molecule has 0 aliphatic carbocycles. The van der Waals surface area contributed by atoms with Crippen LogP contribution >= 0.6 is 0 Å². The predicted octanol–water partition coefficient (Wildman–Crippen LogP) is 5.36. The molecule has 0 amide bonds. The van der Waals surface area contributed by atoms with Crippen LogP contribution in [-0.2, 0) is 31.4 Å². The molecule has 0 aliphatic rings. The van der Waals surface area contributed by atoms with Crippen molar-refractivity contribution in [1.29, 1.82) is 0 Å². The lowest BCUT2D eigenvalue weighted by atomic mass is 10.00. The molecule has 53 heavy (non-hydrogen) atoms. The Bertz CT molecular complexity index is 2500. The van der Waals surface area contributed by atoms with E-state index in [1.807, 2.05) is 0 Å². The molecule has 0 unspecified atom stereocenters. The molecule has 6 aromatic rings. The van der Waals surface area contributed by atoms with Gasteiger partial charge in [-0.3, -0.25) is 13.4 Å². The SMILES string of the molecule is COc1ccc(S(=O)(=O)N(Cc2nn[nH]n2)c2cc(/C=C\c3ccc(F)cc3)c(N(CC(=O)O)S(=O)(=O)c3ccc(OC)cc3)c3ccccc23)cc1. The number of ether oxygens (including phenoxy) is 2. The third kappa shape index (κ3) is 7.65. The van der Waals surface area contributed by atoms with Crippen molar-refractivity contribution >= 4 is 60.3 Å². The van der Waals surface area contributed by atoms with Crippen LogP contribution in [0.5, 0.6) is 11.5 Å². The van der Waals surface area contributed by atoms with Crippen LogP contribution < -0.4 is 18.1 Å². The zero-order valence-corrected chi connectivity index (χ0v) is 29.8. The van der Waals surface area contributed by atoms with E-state index in [-0.39, 0.29) is 43.3 Å². The van der Waals surface area contributed by atoms with Crippen LogP contribution in [0.3, 0.4) is 0 Å². The number of carbonyl (C=O) groups is 1. The minimum Gasteiger partial charge on any atom is -0.497 e. The molecule has 17 heteroatoms. The van der Waals surface area contributed by atoms with Gasteiger partial charge in [0.2, 0.25) is 0 Å². The Balaban J connectivity index is 1.66. The van der Waals surface area contributed by atoms with E-state index in [1.165, 1.54) is 99.2 Å². The van der Waals surface area contributed by atoms with Gasteiger partial charge >= 0.3 is 5.97 Å². The molecule has 6 rings (SSSR count). The molecule has 1 heterocycles. The highest BCUT2D eigenvalue weighted by molar-refractivity contribution is 7.93. The van der Waals surface area contributed by atoms with E-state index in [1.54, 1.807) is 30.3 Å². The molecular formula is C36H31FN6O8S2. The summed E-state index contributed by atoms with van der Waals surface area (Å²) < 4.78 is 83.9. The quantitative estimate of drug-likeness (QED) is 0.136. The number of carboxylic acids is 1. The molecule has 0 aliphatic heterocycles. The highest BCUT2D eigenvalue weighted by Crippen LogP contribution is 2.43. The summed E-state index contributed by atoms with van der Waals surface area (Å²) in [6, 6.07) is 24.5. The van der Waals surface area contributed by atoms with Crippen molar-refractivity contribution in [2.24, 2.45) is 0 Å². The lowest BCUT2D eigenvalue weighted by Gasteiger charge is -2.30. The molecule has 0 atom stereocenters. The number of carboxylic acid groups (broad SMARTS) is 1. The van der Waals surface area contributed by atoms with Crippen molar-refractivity contribution in [2.45, 2.75) is 16.3 Å². The molecule has 2 N–H and O–H groups in total. The molecule has 0 saturated carbocycles. The molecule has 0 bridgehead atoms. The number of aromatic amines is 1. The summed E-state index contributed by atoms with van der Waals surface area (Å²) >= 11 is 0. The van der Waals surface area contributed by atoms with E-state index in [0.717, 1.165) is 8.61 Å².